The van der Waals surface area contributed by atoms with Gasteiger partial charge >= 0.3 is 0 Å². The van der Waals surface area contributed by atoms with Gasteiger partial charge in [-0.2, -0.15) is 4.98 Å². The summed E-state index contributed by atoms with van der Waals surface area (Å²) in [5, 5.41) is 20.1. The minimum atomic E-state index is -0.593. The lowest BCUT2D eigenvalue weighted by molar-refractivity contribution is -0.384. The average Bonchev–Trinajstić information content (AvgIpc) is 3.15. The van der Waals surface area contributed by atoms with Crippen LogP contribution in [0.2, 0.25) is 10.0 Å². The second-order valence-corrected chi connectivity index (χ2v) is 9.88. The number of aromatic nitrogens is 3. The molecule has 5 rings (SSSR count). The first kappa shape index (κ1) is 21.6. The number of fused-ring (bicyclic) bond motifs is 1. The molecule has 0 bridgehead atoms. The predicted molar refractivity (Wildman–Crippen MR) is 125 cm³/mol. The van der Waals surface area contributed by atoms with Crippen molar-refractivity contribution in [2.24, 2.45) is 5.41 Å². The molecular formula is C23H19Cl2N5O3. The fourth-order valence-corrected chi connectivity index (χ4v) is 5.01. The number of carbonyl (C=O) groups excluding carboxylic acids is 1. The van der Waals surface area contributed by atoms with Crippen LogP contribution in [0, 0.1) is 15.5 Å². The summed E-state index contributed by atoms with van der Waals surface area (Å²) in [7, 11) is 0. The zero-order valence-electron chi connectivity index (χ0n) is 17.8. The standard InChI is InChI=1S/C23H19Cl2N5O3/c1-23(2)10-17-19(18(31)11-23)20(15-7-6-13(24)9-16(15)25)29-22(26-17)27-21(28-29)12-4-3-5-14(8-12)30(32)33/h3-9,20H,10-11H2,1-2H3,(H,26,27,28). The fourth-order valence-electron chi connectivity index (χ4n) is 4.50. The summed E-state index contributed by atoms with van der Waals surface area (Å²) in [5.41, 5.74) is 2.31. The van der Waals surface area contributed by atoms with Crippen molar-refractivity contribution in [1.29, 1.82) is 0 Å². The molecule has 33 heavy (non-hydrogen) atoms. The average molecular weight is 484 g/mol. The van der Waals surface area contributed by atoms with Gasteiger partial charge in [-0.1, -0.05) is 55.2 Å². The van der Waals surface area contributed by atoms with Crippen molar-refractivity contribution in [3.05, 3.63) is 79.5 Å². The molecule has 0 fully saturated rings. The Hall–Kier alpha value is -3.23. The number of hydrogen-bond donors (Lipinski definition) is 1. The van der Waals surface area contributed by atoms with Gasteiger partial charge < -0.3 is 5.32 Å². The smallest absolute Gasteiger partial charge is 0.270 e. The number of nitro benzene ring substituents is 1. The predicted octanol–water partition coefficient (Wildman–Crippen LogP) is 5.82. The highest BCUT2D eigenvalue weighted by molar-refractivity contribution is 6.35. The zero-order valence-corrected chi connectivity index (χ0v) is 19.3. The number of nitrogens with one attached hydrogen (secondary N) is 1. The van der Waals surface area contributed by atoms with E-state index in [1.165, 1.54) is 12.1 Å². The molecule has 3 aromatic rings. The van der Waals surface area contributed by atoms with E-state index in [1.807, 2.05) is 0 Å². The molecule has 1 N–H and O–H groups in total. The molecule has 0 amide bonds. The molecule has 2 aromatic carbocycles. The molecular weight excluding hydrogens is 465 g/mol. The van der Waals surface area contributed by atoms with Crippen molar-refractivity contribution >= 4 is 40.6 Å². The van der Waals surface area contributed by atoms with Gasteiger partial charge in [0.2, 0.25) is 5.95 Å². The maximum absolute atomic E-state index is 13.3. The first-order chi connectivity index (χ1) is 15.6. The number of nitro groups is 1. The maximum atomic E-state index is 13.3. The van der Waals surface area contributed by atoms with Crippen LogP contribution < -0.4 is 5.32 Å². The zero-order chi connectivity index (χ0) is 23.5. The second-order valence-electron chi connectivity index (χ2n) is 9.04. The van der Waals surface area contributed by atoms with E-state index in [2.05, 4.69) is 29.2 Å². The Bertz CT molecular complexity index is 1360. The minimum Gasteiger partial charge on any atom is -0.328 e. The number of benzene rings is 2. The lowest BCUT2D eigenvalue weighted by Crippen LogP contribution is -2.36. The molecule has 1 atom stereocenters. The Morgan fingerprint density at radius 3 is 2.70 bits per heavy atom. The largest absolute Gasteiger partial charge is 0.328 e. The molecule has 0 saturated heterocycles. The van der Waals surface area contributed by atoms with E-state index in [4.69, 9.17) is 23.2 Å². The number of non-ortho nitro benzene ring substituents is 1. The fraction of sp³-hybridized carbons (Fsp3) is 0.261. The molecule has 1 aromatic heterocycles. The van der Waals surface area contributed by atoms with E-state index >= 15 is 0 Å². The van der Waals surface area contributed by atoms with Crippen molar-refractivity contribution in [1.82, 2.24) is 14.8 Å². The highest BCUT2D eigenvalue weighted by Crippen LogP contribution is 2.47. The number of ketones is 1. The van der Waals surface area contributed by atoms with Gasteiger partial charge in [-0.25, -0.2) is 4.68 Å². The summed E-state index contributed by atoms with van der Waals surface area (Å²) < 4.78 is 1.62. The summed E-state index contributed by atoms with van der Waals surface area (Å²) in [6.45, 7) is 4.10. The van der Waals surface area contributed by atoms with Crippen LogP contribution >= 0.6 is 23.2 Å². The Labute approximate surface area is 199 Å². The number of allylic oxidation sites excluding steroid dienone is 2. The number of carbonyl (C=O) groups is 1. The number of rotatable bonds is 3. The van der Waals surface area contributed by atoms with E-state index in [9.17, 15) is 14.9 Å². The molecule has 10 heteroatoms. The van der Waals surface area contributed by atoms with Crippen LogP contribution in [0.4, 0.5) is 11.6 Å². The van der Waals surface area contributed by atoms with Crippen molar-refractivity contribution < 1.29 is 9.72 Å². The molecule has 1 aliphatic carbocycles. The van der Waals surface area contributed by atoms with Crippen molar-refractivity contribution in [3.8, 4) is 11.4 Å². The second kappa shape index (κ2) is 7.67. The Morgan fingerprint density at radius 1 is 1.18 bits per heavy atom. The van der Waals surface area contributed by atoms with Gasteiger partial charge in [0, 0.05) is 51.0 Å². The highest BCUT2D eigenvalue weighted by atomic mass is 35.5. The lowest BCUT2D eigenvalue weighted by Gasteiger charge is -2.38. The molecule has 1 aliphatic heterocycles. The van der Waals surface area contributed by atoms with Gasteiger partial charge in [0.15, 0.2) is 11.6 Å². The molecule has 8 nitrogen and oxygen atoms in total. The van der Waals surface area contributed by atoms with Gasteiger partial charge in [-0.15, -0.1) is 5.10 Å². The summed E-state index contributed by atoms with van der Waals surface area (Å²) in [6, 6.07) is 10.7. The first-order valence-electron chi connectivity index (χ1n) is 10.3. The maximum Gasteiger partial charge on any atom is 0.270 e. The Kier molecular flexibility index (Phi) is 5.02. The van der Waals surface area contributed by atoms with Crippen molar-refractivity contribution in [2.45, 2.75) is 32.7 Å². The molecule has 2 aliphatic rings. The van der Waals surface area contributed by atoms with Gasteiger partial charge in [-0.3, -0.25) is 14.9 Å². The number of halogens is 2. The van der Waals surface area contributed by atoms with E-state index in [1.54, 1.807) is 35.0 Å². The van der Waals surface area contributed by atoms with Crippen LogP contribution in [0.1, 0.15) is 38.3 Å². The third-order valence-corrected chi connectivity index (χ3v) is 6.47. The van der Waals surface area contributed by atoms with Gasteiger partial charge in [-0.05, 0) is 24.0 Å². The van der Waals surface area contributed by atoms with E-state index < -0.39 is 11.0 Å². The van der Waals surface area contributed by atoms with Gasteiger partial charge in [0.05, 0.1) is 4.92 Å². The van der Waals surface area contributed by atoms with Crippen molar-refractivity contribution in [2.75, 3.05) is 5.32 Å². The van der Waals surface area contributed by atoms with Crippen LogP contribution in [0.5, 0.6) is 0 Å². The van der Waals surface area contributed by atoms with Crippen LogP contribution in [-0.4, -0.2) is 25.5 Å². The molecule has 1 unspecified atom stereocenters. The van der Waals surface area contributed by atoms with Crippen molar-refractivity contribution in [3.63, 3.8) is 0 Å². The topological polar surface area (TPSA) is 103 Å². The normalized spacial score (nSPS) is 19.0. The number of hydrogen-bond acceptors (Lipinski definition) is 6. The number of Topliss-reactive ketones (excluding diaryl/α,β-unsaturated/α-hetero) is 1. The van der Waals surface area contributed by atoms with Crippen LogP contribution in [-0.2, 0) is 4.79 Å². The summed E-state index contributed by atoms with van der Waals surface area (Å²) in [5.74, 6) is 0.766. The third kappa shape index (κ3) is 3.79. The van der Waals surface area contributed by atoms with Crippen LogP contribution in [0.15, 0.2) is 53.7 Å². The summed E-state index contributed by atoms with van der Waals surface area (Å²) in [6.07, 6.45) is 1.06. The number of anilines is 1. The Morgan fingerprint density at radius 2 is 1.97 bits per heavy atom. The van der Waals surface area contributed by atoms with Gasteiger partial charge in [0.25, 0.3) is 5.69 Å². The first-order valence-corrected chi connectivity index (χ1v) is 11.1. The monoisotopic (exact) mass is 483 g/mol. The van der Waals surface area contributed by atoms with E-state index in [-0.39, 0.29) is 16.9 Å². The molecule has 2 heterocycles. The lowest BCUT2D eigenvalue weighted by atomic mass is 9.73. The van der Waals surface area contributed by atoms with Crippen LogP contribution in [0.25, 0.3) is 11.4 Å². The molecule has 0 radical (unpaired) electrons. The van der Waals surface area contributed by atoms with Crippen LogP contribution in [0.3, 0.4) is 0 Å². The van der Waals surface area contributed by atoms with E-state index in [0.717, 1.165) is 5.70 Å². The summed E-state index contributed by atoms with van der Waals surface area (Å²) in [4.78, 5) is 28.7. The Balaban J connectivity index is 1.69. The number of nitrogens with zero attached hydrogens (tertiary/aromatic N) is 4. The van der Waals surface area contributed by atoms with Gasteiger partial charge in [0.1, 0.15) is 6.04 Å². The summed E-state index contributed by atoms with van der Waals surface area (Å²) >= 11 is 12.7. The quantitative estimate of drug-likeness (QED) is 0.371. The highest BCUT2D eigenvalue weighted by Gasteiger charge is 2.42. The minimum absolute atomic E-state index is 0.0165. The molecule has 168 valence electrons. The SMILES string of the molecule is CC1(C)CC(=O)C2=C(C1)Nc1nc(-c3cccc([N+](=O)[O-])c3)nn1C2c1ccc(Cl)cc1Cl. The third-order valence-electron chi connectivity index (χ3n) is 5.90. The van der Waals surface area contributed by atoms with E-state index in [0.29, 0.717) is 51.4 Å². The molecule has 0 saturated carbocycles. The molecule has 0 spiro atoms.